The van der Waals surface area contributed by atoms with Gasteiger partial charge in [0, 0.05) is 30.1 Å². The average molecular weight is 277 g/mol. The van der Waals surface area contributed by atoms with E-state index in [1.807, 2.05) is 0 Å². The maximum absolute atomic E-state index is 10.4. The fourth-order valence-corrected chi connectivity index (χ4v) is 3.93. The monoisotopic (exact) mass is 277 g/mol. The quantitative estimate of drug-likeness (QED) is 0.850. The Hall–Kier alpha value is -0.800. The standard InChI is InChI=1S/C17H27NO2/c1-16(2)10-14-13(15(19)11-16)5-7-18(14)12-6-8-20-17(3,4)9-12/h5,7,12,15,19H,6,8-11H2,1-4H3. The van der Waals surface area contributed by atoms with Crippen LogP contribution in [0.4, 0.5) is 0 Å². The van der Waals surface area contributed by atoms with Gasteiger partial charge in [-0.15, -0.1) is 0 Å². The second-order valence-corrected chi connectivity index (χ2v) is 7.94. The second-order valence-electron chi connectivity index (χ2n) is 7.94. The van der Waals surface area contributed by atoms with E-state index >= 15 is 0 Å². The molecule has 1 saturated heterocycles. The minimum atomic E-state index is -0.303. The van der Waals surface area contributed by atoms with E-state index in [-0.39, 0.29) is 17.1 Å². The third-order valence-electron chi connectivity index (χ3n) is 4.87. The molecule has 3 heteroatoms. The minimum absolute atomic E-state index is 0.0388. The Morgan fingerprint density at radius 3 is 2.70 bits per heavy atom. The average Bonchev–Trinajstić information content (AvgIpc) is 2.69. The zero-order chi connectivity index (χ0) is 14.5. The highest BCUT2D eigenvalue weighted by Gasteiger charge is 2.36. The van der Waals surface area contributed by atoms with Crippen LogP contribution in [0.3, 0.4) is 0 Å². The number of aromatic nitrogens is 1. The number of hydrogen-bond acceptors (Lipinski definition) is 2. The van der Waals surface area contributed by atoms with Crippen molar-refractivity contribution in [3.63, 3.8) is 0 Å². The summed E-state index contributed by atoms with van der Waals surface area (Å²) in [7, 11) is 0. The predicted octanol–water partition coefficient (Wildman–Crippen LogP) is 3.62. The molecule has 0 aromatic carbocycles. The van der Waals surface area contributed by atoms with Gasteiger partial charge in [0.15, 0.2) is 0 Å². The number of aliphatic hydroxyl groups is 1. The van der Waals surface area contributed by atoms with Crippen LogP contribution in [0.5, 0.6) is 0 Å². The van der Waals surface area contributed by atoms with Crippen LogP contribution in [0, 0.1) is 5.41 Å². The lowest BCUT2D eigenvalue weighted by molar-refractivity contribution is -0.0696. The van der Waals surface area contributed by atoms with Crippen LogP contribution in [-0.4, -0.2) is 21.9 Å². The molecule has 1 aromatic rings. The van der Waals surface area contributed by atoms with Gasteiger partial charge in [-0.25, -0.2) is 0 Å². The van der Waals surface area contributed by atoms with E-state index in [1.54, 1.807) is 0 Å². The van der Waals surface area contributed by atoms with E-state index in [4.69, 9.17) is 4.74 Å². The van der Waals surface area contributed by atoms with Crippen LogP contribution in [0.1, 0.15) is 70.4 Å². The molecule has 1 aromatic heterocycles. The van der Waals surface area contributed by atoms with Gasteiger partial charge in [-0.2, -0.15) is 0 Å². The number of hydrogen-bond donors (Lipinski definition) is 1. The Labute approximate surface area is 121 Å². The molecule has 20 heavy (non-hydrogen) atoms. The Morgan fingerprint density at radius 1 is 1.25 bits per heavy atom. The van der Waals surface area contributed by atoms with E-state index in [1.165, 1.54) is 5.69 Å². The largest absolute Gasteiger partial charge is 0.388 e. The minimum Gasteiger partial charge on any atom is -0.388 e. The van der Waals surface area contributed by atoms with Crippen molar-refractivity contribution in [2.45, 2.75) is 71.1 Å². The number of nitrogens with zero attached hydrogens (tertiary/aromatic N) is 1. The van der Waals surface area contributed by atoms with E-state index in [0.29, 0.717) is 6.04 Å². The third kappa shape index (κ3) is 2.53. The van der Waals surface area contributed by atoms with Gasteiger partial charge >= 0.3 is 0 Å². The number of rotatable bonds is 1. The Kier molecular flexibility index (Phi) is 3.26. The van der Waals surface area contributed by atoms with Gasteiger partial charge in [0.05, 0.1) is 11.7 Å². The van der Waals surface area contributed by atoms with Crippen molar-refractivity contribution in [1.82, 2.24) is 4.57 Å². The van der Waals surface area contributed by atoms with Gasteiger partial charge in [0.25, 0.3) is 0 Å². The van der Waals surface area contributed by atoms with Gasteiger partial charge in [-0.05, 0) is 51.0 Å². The Morgan fingerprint density at radius 2 is 2.00 bits per heavy atom. The van der Waals surface area contributed by atoms with Crippen molar-refractivity contribution < 1.29 is 9.84 Å². The first-order valence-corrected chi connectivity index (χ1v) is 7.79. The van der Waals surface area contributed by atoms with Crippen LogP contribution < -0.4 is 0 Å². The zero-order valence-corrected chi connectivity index (χ0v) is 13.1. The third-order valence-corrected chi connectivity index (χ3v) is 4.87. The first-order valence-electron chi connectivity index (χ1n) is 7.79. The fraction of sp³-hybridized carbons (Fsp3) is 0.765. The van der Waals surface area contributed by atoms with E-state index < -0.39 is 0 Å². The van der Waals surface area contributed by atoms with Crippen molar-refractivity contribution in [3.8, 4) is 0 Å². The SMILES string of the molecule is CC1(C)Cc2c(ccn2C2CCOC(C)(C)C2)C(O)C1. The van der Waals surface area contributed by atoms with E-state index in [9.17, 15) is 5.11 Å². The van der Waals surface area contributed by atoms with Crippen LogP contribution in [0.2, 0.25) is 0 Å². The molecular weight excluding hydrogens is 250 g/mol. The molecule has 0 saturated carbocycles. The van der Waals surface area contributed by atoms with Crippen molar-refractivity contribution in [2.75, 3.05) is 6.61 Å². The van der Waals surface area contributed by atoms with Crippen LogP contribution in [0.15, 0.2) is 12.3 Å². The zero-order valence-electron chi connectivity index (χ0n) is 13.1. The van der Waals surface area contributed by atoms with Gasteiger partial charge in [-0.3, -0.25) is 0 Å². The summed E-state index contributed by atoms with van der Waals surface area (Å²) >= 11 is 0. The molecule has 0 bridgehead atoms. The second kappa shape index (κ2) is 4.60. The summed E-state index contributed by atoms with van der Waals surface area (Å²) in [5.74, 6) is 0. The maximum atomic E-state index is 10.4. The normalized spacial score (nSPS) is 31.9. The number of fused-ring (bicyclic) bond motifs is 1. The molecule has 0 spiro atoms. The van der Waals surface area contributed by atoms with Crippen LogP contribution >= 0.6 is 0 Å². The molecule has 3 nitrogen and oxygen atoms in total. The van der Waals surface area contributed by atoms with E-state index in [0.717, 1.165) is 37.9 Å². The first kappa shape index (κ1) is 14.2. The molecule has 1 aliphatic carbocycles. The molecule has 2 atom stereocenters. The lowest BCUT2D eigenvalue weighted by Gasteiger charge is -2.39. The molecule has 0 amide bonds. The highest BCUT2D eigenvalue weighted by molar-refractivity contribution is 5.30. The summed E-state index contributed by atoms with van der Waals surface area (Å²) in [5.41, 5.74) is 2.64. The highest BCUT2D eigenvalue weighted by atomic mass is 16.5. The number of aliphatic hydroxyl groups excluding tert-OH is 1. The van der Waals surface area contributed by atoms with Gasteiger partial charge in [0.2, 0.25) is 0 Å². The summed E-state index contributed by atoms with van der Waals surface area (Å²) in [4.78, 5) is 0. The molecule has 2 aliphatic rings. The maximum Gasteiger partial charge on any atom is 0.0812 e. The fourth-order valence-electron chi connectivity index (χ4n) is 3.93. The van der Waals surface area contributed by atoms with Crippen LogP contribution in [0.25, 0.3) is 0 Å². The van der Waals surface area contributed by atoms with E-state index in [2.05, 4.69) is 44.5 Å². The Balaban J connectivity index is 1.93. The molecule has 2 heterocycles. The molecule has 1 fully saturated rings. The summed E-state index contributed by atoms with van der Waals surface area (Å²) in [6, 6.07) is 2.63. The topological polar surface area (TPSA) is 34.4 Å². The molecule has 1 N–H and O–H groups in total. The number of ether oxygens (including phenoxy) is 1. The summed E-state index contributed by atoms with van der Waals surface area (Å²) in [6.45, 7) is 9.69. The van der Waals surface area contributed by atoms with Crippen molar-refractivity contribution in [3.05, 3.63) is 23.5 Å². The lowest BCUT2D eigenvalue weighted by atomic mass is 9.75. The molecule has 3 rings (SSSR count). The molecule has 0 radical (unpaired) electrons. The summed E-state index contributed by atoms with van der Waals surface area (Å²) < 4.78 is 8.26. The molecule has 1 aliphatic heterocycles. The summed E-state index contributed by atoms with van der Waals surface area (Å²) in [6.07, 6.45) is 5.92. The van der Waals surface area contributed by atoms with Crippen molar-refractivity contribution in [2.24, 2.45) is 5.41 Å². The van der Waals surface area contributed by atoms with Gasteiger partial charge < -0.3 is 14.4 Å². The summed E-state index contributed by atoms with van der Waals surface area (Å²) in [5, 5.41) is 10.4. The van der Waals surface area contributed by atoms with Gasteiger partial charge in [0.1, 0.15) is 0 Å². The lowest BCUT2D eigenvalue weighted by Crippen LogP contribution is -2.36. The highest BCUT2D eigenvalue weighted by Crippen LogP contribution is 2.43. The van der Waals surface area contributed by atoms with Crippen LogP contribution in [-0.2, 0) is 11.2 Å². The smallest absolute Gasteiger partial charge is 0.0812 e. The molecular formula is C17H27NO2. The first-order chi connectivity index (χ1) is 9.27. The van der Waals surface area contributed by atoms with Gasteiger partial charge in [-0.1, -0.05) is 13.8 Å². The molecule has 2 unspecified atom stereocenters. The van der Waals surface area contributed by atoms with Crippen molar-refractivity contribution in [1.29, 1.82) is 0 Å². The Bertz CT molecular complexity index is 501. The van der Waals surface area contributed by atoms with Crippen molar-refractivity contribution >= 4 is 0 Å². The predicted molar refractivity (Wildman–Crippen MR) is 79.8 cm³/mol. The molecule has 112 valence electrons.